The highest BCUT2D eigenvalue weighted by molar-refractivity contribution is 7.97. The summed E-state index contributed by atoms with van der Waals surface area (Å²) < 4.78 is 6.85. The molecular weight excluding hydrogens is 360 g/mol. The molecule has 1 atom stereocenters. The van der Waals surface area contributed by atoms with Gasteiger partial charge >= 0.3 is 5.69 Å². The van der Waals surface area contributed by atoms with E-state index in [4.69, 9.17) is 0 Å². The van der Waals surface area contributed by atoms with Crippen molar-refractivity contribution in [3.8, 4) is 0 Å². The summed E-state index contributed by atoms with van der Waals surface area (Å²) in [4.78, 5) is 27.5. The molecule has 0 spiro atoms. The third-order valence-corrected chi connectivity index (χ3v) is 7.18. The lowest BCUT2D eigenvalue weighted by Crippen LogP contribution is -2.43. The summed E-state index contributed by atoms with van der Waals surface area (Å²) in [6.07, 6.45) is 5.56. The zero-order chi connectivity index (χ0) is 18.6. The van der Waals surface area contributed by atoms with E-state index in [2.05, 4.69) is 17.0 Å². The van der Waals surface area contributed by atoms with Gasteiger partial charge < -0.3 is 5.32 Å². The Morgan fingerprint density at radius 2 is 2.07 bits per heavy atom. The Balaban J connectivity index is 1.61. The number of rotatable bonds is 6. The van der Waals surface area contributed by atoms with E-state index < -0.39 is 0 Å². The maximum atomic E-state index is 13.2. The van der Waals surface area contributed by atoms with Crippen LogP contribution >= 0.6 is 11.9 Å². The van der Waals surface area contributed by atoms with Crippen molar-refractivity contribution in [3.05, 3.63) is 39.0 Å². The molecule has 27 heavy (non-hydrogen) atoms. The van der Waals surface area contributed by atoms with E-state index in [1.54, 1.807) is 11.9 Å². The van der Waals surface area contributed by atoms with Gasteiger partial charge in [-0.1, -0.05) is 0 Å². The smallest absolute Gasteiger partial charge is 0.315 e. The van der Waals surface area contributed by atoms with Crippen molar-refractivity contribution in [3.63, 3.8) is 0 Å². The Hall–Kier alpha value is -1.57. The van der Waals surface area contributed by atoms with Gasteiger partial charge in [0.2, 0.25) is 0 Å². The van der Waals surface area contributed by atoms with Crippen LogP contribution in [0.2, 0.25) is 0 Å². The van der Waals surface area contributed by atoms with Gasteiger partial charge in [0.1, 0.15) is 0 Å². The van der Waals surface area contributed by atoms with Crippen LogP contribution in [-0.4, -0.2) is 27.8 Å². The predicted molar refractivity (Wildman–Crippen MR) is 108 cm³/mol. The van der Waals surface area contributed by atoms with Crippen LogP contribution in [0.15, 0.2) is 32.7 Å². The van der Waals surface area contributed by atoms with E-state index in [0.717, 1.165) is 29.9 Å². The van der Waals surface area contributed by atoms with Crippen molar-refractivity contribution in [2.24, 2.45) is 5.92 Å². The fraction of sp³-hybridized carbons (Fsp3) is 0.600. The minimum atomic E-state index is -0.143. The molecule has 1 aliphatic heterocycles. The summed E-state index contributed by atoms with van der Waals surface area (Å²) in [7, 11) is 0. The van der Waals surface area contributed by atoms with E-state index in [9.17, 15) is 9.59 Å². The molecule has 7 heteroatoms. The quantitative estimate of drug-likeness (QED) is 0.746. The van der Waals surface area contributed by atoms with Gasteiger partial charge in [0.25, 0.3) is 5.56 Å². The average Bonchev–Trinajstić information content (AvgIpc) is 3.57. The number of nitrogens with one attached hydrogen (secondary N) is 2. The molecule has 6 nitrogen and oxygen atoms in total. The molecule has 1 saturated heterocycles. The molecule has 0 radical (unpaired) electrons. The first-order valence-electron chi connectivity index (χ1n) is 9.98. The Bertz CT molecular complexity index is 997. The zero-order valence-corrected chi connectivity index (χ0v) is 16.5. The fourth-order valence-corrected chi connectivity index (χ4v) is 4.70. The number of fused-ring (bicyclic) bond motifs is 1. The van der Waals surface area contributed by atoms with Crippen LogP contribution in [0, 0.1) is 5.92 Å². The molecule has 2 aliphatic carbocycles. The van der Waals surface area contributed by atoms with E-state index >= 15 is 0 Å². The summed E-state index contributed by atoms with van der Waals surface area (Å²) in [6, 6.07) is 5.90. The Morgan fingerprint density at radius 3 is 2.74 bits per heavy atom. The van der Waals surface area contributed by atoms with Crippen LogP contribution in [0.1, 0.15) is 45.1 Å². The Labute approximate surface area is 162 Å². The second-order valence-corrected chi connectivity index (χ2v) is 9.48. The minimum Gasteiger partial charge on any atom is -0.315 e. The molecule has 1 unspecified atom stereocenters. The number of nitrogens with zero attached hydrogens (tertiary/aromatic N) is 2. The molecule has 3 fully saturated rings. The van der Waals surface area contributed by atoms with Crippen LogP contribution < -0.4 is 21.3 Å². The molecule has 0 bridgehead atoms. The van der Waals surface area contributed by atoms with Gasteiger partial charge in [0, 0.05) is 23.5 Å². The lowest BCUT2D eigenvalue weighted by molar-refractivity contribution is 0.473. The first-order chi connectivity index (χ1) is 13.0. The normalized spacial score (nSPS) is 23.8. The van der Waals surface area contributed by atoms with Gasteiger partial charge in [-0.25, -0.2) is 4.79 Å². The monoisotopic (exact) mass is 386 g/mol. The third kappa shape index (κ3) is 3.37. The maximum absolute atomic E-state index is 13.2. The van der Waals surface area contributed by atoms with Crippen LogP contribution in [0.5, 0.6) is 0 Å². The molecule has 1 aromatic heterocycles. The molecule has 3 aliphatic rings. The molecular formula is C20H26N4O2S. The standard InChI is InChI=1S/C20H26N4O2S/c1-20(7-8-20)22-27-15-4-5-17-16(10-15)18(25)24(14-6-9-21-11-14)19(26)23(17)12-13-2-3-13/h4-5,10,13-14,21-22H,2-3,6-9,11-12H2,1H3. The van der Waals surface area contributed by atoms with Gasteiger partial charge in [0.05, 0.1) is 16.9 Å². The van der Waals surface area contributed by atoms with E-state index in [0.29, 0.717) is 17.8 Å². The van der Waals surface area contributed by atoms with E-state index in [-0.39, 0.29) is 22.8 Å². The highest BCUT2D eigenvalue weighted by atomic mass is 32.2. The predicted octanol–water partition coefficient (Wildman–Crippen LogP) is 2.26. The number of hydrogen-bond donors (Lipinski definition) is 2. The van der Waals surface area contributed by atoms with E-state index in [1.807, 2.05) is 22.8 Å². The molecule has 2 saturated carbocycles. The molecule has 144 valence electrons. The van der Waals surface area contributed by atoms with Gasteiger partial charge in [-0.05, 0) is 81.6 Å². The molecule has 0 amide bonds. The van der Waals surface area contributed by atoms with Gasteiger partial charge in [0.15, 0.2) is 0 Å². The molecule has 2 N–H and O–H groups in total. The molecule has 2 heterocycles. The Kier molecular flexibility index (Phi) is 4.22. The minimum absolute atomic E-state index is 0.0420. The summed E-state index contributed by atoms with van der Waals surface area (Å²) in [5.74, 6) is 0.573. The number of aromatic nitrogens is 2. The van der Waals surface area contributed by atoms with Crippen molar-refractivity contribution in [2.75, 3.05) is 13.1 Å². The van der Waals surface area contributed by atoms with Crippen molar-refractivity contribution >= 4 is 22.9 Å². The van der Waals surface area contributed by atoms with Crippen LogP contribution in [-0.2, 0) is 6.54 Å². The zero-order valence-electron chi connectivity index (χ0n) is 15.7. The van der Waals surface area contributed by atoms with Crippen LogP contribution in [0.25, 0.3) is 10.9 Å². The second-order valence-electron chi connectivity index (χ2n) is 8.60. The summed E-state index contributed by atoms with van der Waals surface area (Å²) in [6.45, 7) is 4.49. The van der Waals surface area contributed by atoms with E-state index in [1.165, 1.54) is 30.3 Å². The highest BCUT2D eigenvalue weighted by Crippen LogP contribution is 2.38. The van der Waals surface area contributed by atoms with Gasteiger partial charge in [-0.15, -0.1) is 0 Å². The topological polar surface area (TPSA) is 68.1 Å². The fourth-order valence-electron chi connectivity index (χ4n) is 3.82. The SMILES string of the molecule is CC1(NSc2ccc3c(c2)c(=O)n(C2CCNC2)c(=O)n3CC2CC2)CC1. The number of hydrogen-bond acceptors (Lipinski definition) is 5. The van der Waals surface area contributed by atoms with Crippen molar-refractivity contribution in [2.45, 2.75) is 62.0 Å². The first kappa shape index (κ1) is 17.5. The maximum Gasteiger partial charge on any atom is 0.331 e. The largest absolute Gasteiger partial charge is 0.331 e. The lowest BCUT2D eigenvalue weighted by atomic mass is 10.2. The first-order valence-corrected chi connectivity index (χ1v) is 10.8. The summed E-state index contributed by atoms with van der Waals surface area (Å²) >= 11 is 1.59. The highest BCUT2D eigenvalue weighted by Gasteiger charge is 2.37. The van der Waals surface area contributed by atoms with Crippen LogP contribution in [0.4, 0.5) is 0 Å². The Morgan fingerprint density at radius 1 is 1.26 bits per heavy atom. The van der Waals surface area contributed by atoms with Crippen molar-refractivity contribution < 1.29 is 0 Å². The average molecular weight is 387 g/mol. The molecule has 5 rings (SSSR count). The van der Waals surface area contributed by atoms with Crippen molar-refractivity contribution in [1.82, 2.24) is 19.2 Å². The summed E-state index contributed by atoms with van der Waals surface area (Å²) in [5, 5.41) is 3.94. The van der Waals surface area contributed by atoms with Crippen LogP contribution in [0.3, 0.4) is 0 Å². The number of benzene rings is 1. The second kappa shape index (κ2) is 6.50. The van der Waals surface area contributed by atoms with Gasteiger partial charge in [-0.3, -0.25) is 18.7 Å². The third-order valence-electron chi connectivity index (χ3n) is 6.10. The molecule has 2 aromatic rings. The lowest BCUT2D eigenvalue weighted by Gasteiger charge is -2.18. The molecule has 1 aromatic carbocycles. The summed E-state index contributed by atoms with van der Waals surface area (Å²) in [5.41, 5.74) is 0.717. The van der Waals surface area contributed by atoms with Crippen molar-refractivity contribution in [1.29, 1.82) is 0 Å². The van der Waals surface area contributed by atoms with Gasteiger partial charge in [-0.2, -0.15) is 0 Å².